The zero-order valence-electron chi connectivity index (χ0n) is 11.8. The smallest absolute Gasteiger partial charge is 0.00822 e. The molecule has 2 aliphatic rings. The summed E-state index contributed by atoms with van der Waals surface area (Å²) >= 11 is 0. The molecule has 0 aromatic heterocycles. The number of rotatable bonds is 4. The molecule has 2 N–H and O–H groups in total. The van der Waals surface area contributed by atoms with Crippen molar-refractivity contribution in [2.24, 2.45) is 11.8 Å². The predicted molar refractivity (Wildman–Crippen MR) is 74.2 cm³/mol. The van der Waals surface area contributed by atoms with E-state index >= 15 is 0 Å². The van der Waals surface area contributed by atoms with Gasteiger partial charge in [-0.05, 0) is 63.8 Å². The minimum Gasteiger partial charge on any atom is -0.314 e. The number of nitrogens with one attached hydrogen (secondary N) is 2. The summed E-state index contributed by atoms with van der Waals surface area (Å²) in [7, 11) is 0. The van der Waals surface area contributed by atoms with Gasteiger partial charge in [-0.1, -0.05) is 13.8 Å². The van der Waals surface area contributed by atoms with Gasteiger partial charge in [-0.25, -0.2) is 0 Å². The second-order valence-corrected chi connectivity index (χ2v) is 6.71. The van der Waals surface area contributed by atoms with Crippen LogP contribution in [0.25, 0.3) is 0 Å². The molecule has 2 fully saturated rings. The van der Waals surface area contributed by atoms with Crippen LogP contribution in [0.3, 0.4) is 0 Å². The summed E-state index contributed by atoms with van der Waals surface area (Å²) in [5, 5.41) is 7.47. The maximum absolute atomic E-state index is 3.87. The van der Waals surface area contributed by atoms with E-state index in [0.717, 1.165) is 23.9 Å². The molecule has 1 aliphatic carbocycles. The third kappa shape index (κ3) is 4.26. The Kier molecular flexibility index (Phi) is 4.87. The molecule has 17 heavy (non-hydrogen) atoms. The Morgan fingerprint density at radius 2 is 1.88 bits per heavy atom. The second-order valence-electron chi connectivity index (χ2n) is 6.71. The molecule has 0 radical (unpaired) electrons. The number of hydrogen-bond donors (Lipinski definition) is 2. The van der Waals surface area contributed by atoms with Crippen molar-refractivity contribution in [1.82, 2.24) is 10.6 Å². The van der Waals surface area contributed by atoms with Gasteiger partial charge in [0.05, 0.1) is 0 Å². The van der Waals surface area contributed by atoms with Gasteiger partial charge in [0.25, 0.3) is 0 Å². The fourth-order valence-corrected chi connectivity index (χ4v) is 3.94. The molecule has 4 atom stereocenters. The highest BCUT2D eigenvalue weighted by molar-refractivity contribution is 4.84. The van der Waals surface area contributed by atoms with Crippen LogP contribution in [-0.4, -0.2) is 24.7 Å². The molecule has 0 spiro atoms. The molecule has 4 unspecified atom stereocenters. The molecule has 0 aromatic rings. The van der Waals surface area contributed by atoms with Gasteiger partial charge in [0.15, 0.2) is 0 Å². The number of hydrogen-bond acceptors (Lipinski definition) is 2. The quantitative estimate of drug-likeness (QED) is 0.787. The first-order valence-electron chi connectivity index (χ1n) is 7.63. The average Bonchev–Trinajstić information content (AvgIpc) is 2.67. The molecule has 1 saturated carbocycles. The van der Waals surface area contributed by atoms with Gasteiger partial charge in [0, 0.05) is 18.1 Å². The SMILES string of the molecule is CC1CC(C)CC(NC(C)CC2CCCN2)C1. The molecule has 2 nitrogen and oxygen atoms in total. The van der Waals surface area contributed by atoms with E-state index < -0.39 is 0 Å². The minimum atomic E-state index is 0.674. The van der Waals surface area contributed by atoms with Crippen molar-refractivity contribution in [1.29, 1.82) is 0 Å². The minimum absolute atomic E-state index is 0.674. The first-order chi connectivity index (χ1) is 8.13. The first kappa shape index (κ1) is 13.4. The second kappa shape index (κ2) is 6.19. The van der Waals surface area contributed by atoms with Crippen LogP contribution in [0.4, 0.5) is 0 Å². The Balaban J connectivity index is 1.71. The molecule has 0 amide bonds. The maximum atomic E-state index is 3.87. The zero-order valence-corrected chi connectivity index (χ0v) is 11.8. The standard InChI is InChI=1S/C15H30N2/c1-11-7-12(2)9-15(8-11)17-13(3)10-14-5-4-6-16-14/h11-17H,4-10H2,1-3H3. The van der Waals surface area contributed by atoms with Crippen LogP contribution < -0.4 is 10.6 Å². The summed E-state index contributed by atoms with van der Waals surface area (Å²) in [6.45, 7) is 8.42. The summed E-state index contributed by atoms with van der Waals surface area (Å²) in [6, 6.07) is 2.22. The van der Waals surface area contributed by atoms with Gasteiger partial charge >= 0.3 is 0 Å². The van der Waals surface area contributed by atoms with Crippen molar-refractivity contribution >= 4 is 0 Å². The van der Waals surface area contributed by atoms with Crippen LogP contribution in [0, 0.1) is 11.8 Å². The summed E-state index contributed by atoms with van der Waals surface area (Å²) in [5.41, 5.74) is 0. The fourth-order valence-electron chi connectivity index (χ4n) is 3.94. The van der Waals surface area contributed by atoms with Crippen LogP contribution in [0.2, 0.25) is 0 Å². The Hall–Kier alpha value is -0.0800. The summed E-state index contributed by atoms with van der Waals surface area (Å²) in [6.07, 6.45) is 8.24. The van der Waals surface area contributed by atoms with Crippen LogP contribution in [0.1, 0.15) is 59.3 Å². The van der Waals surface area contributed by atoms with Gasteiger partial charge in [-0.2, -0.15) is 0 Å². The Bertz CT molecular complexity index is 213. The summed E-state index contributed by atoms with van der Waals surface area (Å²) in [5.74, 6) is 1.82. The van der Waals surface area contributed by atoms with Gasteiger partial charge in [0.1, 0.15) is 0 Å². The lowest BCUT2D eigenvalue weighted by molar-refractivity contribution is 0.223. The third-order valence-corrected chi connectivity index (χ3v) is 4.50. The molecule has 1 saturated heterocycles. The molecule has 0 bridgehead atoms. The van der Waals surface area contributed by atoms with Crippen LogP contribution >= 0.6 is 0 Å². The fraction of sp³-hybridized carbons (Fsp3) is 1.00. The van der Waals surface area contributed by atoms with Crippen molar-refractivity contribution < 1.29 is 0 Å². The van der Waals surface area contributed by atoms with Crippen molar-refractivity contribution in [3.05, 3.63) is 0 Å². The Labute approximate surface area is 107 Å². The van der Waals surface area contributed by atoms with E-state index in [-0.39, 0.29) is 0 Å². The largest absolute Gasteiger partial charge is 0.314 e. The highest BCUT2D eigenvalue weighted by Crippen LogP contribution is 2.29. The highest BCUT2D eigenvalue weighted by atomic mass is 15.0. The van der Waals surface area contributed by atoms with E-state index in [1.165, 1.54) is 45.1 Å². The van der Waals surface area contributed by atoms with Gasteiger partial charge in [0.2, 0.25) is 0 Å². The summed E-state index contributed by atoms with van der Waals surface area (Å²) < 4.78 is 0. The van der Waals surface area contributed by atoms with Gasteiger partial charge in [-0.15, -0.1) is 0 Å². The molecular weight excluding hydrogens is 208 g/mol. The van der Waals surface area contributed by atoms with Crippen molar-refractivity contribution in [3.63, 3.8) is 0 Å². The van der Waals surface area contributed by atoms with Crippen LogP contribution in [-0.2, 0) is 0 Å². The molecule has 1 heterocycles. The Morgan fingerprint density at radius 3 is 2.47 bits per heavy atom. The Morgan fingerprint density at radius 1 is 1.18 bits per heavy atom. The normalized spacial score (nSPS) is 40.4. The van der Waals surface area contributed by atoms with Gasteiger partial charge in [-0.3, -0.25) is 0 Å². The zero-order chi connectivity index (χ0) is 12.3. The molecule has 2 heteroatoms. The molecule has 2 rings (SSSR count). The predicted octanol–water partition coefficient (Wildman–Crippen LogP) is 2.93. The van der Waals surface area contributed by atoms with E-state index in [0.29, 0.717) is 6.04 Å². The van der Waals surface area contributed by atoms with Gasteiger partial charge < -0.3 is 10.6 Å². The molecule has 100 valence electrons. The molecular formula is C15H30N2. The van der Waals surface area contributed by atoms with Crippen molar-refractivity contribution in [3.8, 4) is 0 Å². The topological polar surface area (TPSA) is 24.1 Å². The average molecular weight is 238 g/mol. The van der Waals surface area contributed by atoms with E-state index in [4.69, 9.17) is 0 Å². The lowest BCUT2D eigenvalue weighted by atomic mass is 9.80. The molecule has 1 aliphatic heterocycles. The van der Waals surface area contributed by atoms with E-state index in [1.807, 2.05) is 0 Å². The first-order valence-corrected chi connectivity index (χ1v) is 7.63. The van der Waals surface area contributed by atoms with Crippen LogP contribution in [0.5, 0.6) is 0 Å². The highest BCUT2D eigenvalue weighted by Gasteiger charge is 2.25. The van der Waals surface area contributed by atoms with Crippen molar-refractivity contribution in [2.45, 2.75) is 77.4 Å². The van der Waals surface area contributed by atoms with E-state index in [9.17, 15) is 0 Å². The van der Waals surface area contributed by atoms with E-state index in [2.05, 4.69) is 31.4 Å². The molecule has 0 aromatic carbocycles. The lowest BCUT2D eigenvalue weighted by Gasteiger charge is -2.34. The van der Waals surface area contributed by atoms with Crippen molar-refractivity contribution in [2.75, 3.05) is 6.54 Å². The summed E-state index contributed by atoms with van der Waals surface area (Å²) in [4.78, 5) is 0. The monoisotopic (exact) mass is 238 g/mol. The lowest BCUT2D eigenvalue weighted by Crippen LogP contribution is -2.43. The van der Waals surface area contributed by atoms with E-state index in [1.54, 1.807) is 0 Å². The maximum Gasteiger partial charge on any atom is 0.00822 e. The third-order valence-electron chi connectivity index (χ3n) is 4.50. The van der Waals surface area contributed by atoms with Crippen LogP contribution in [0.15, 0.2) is 0 Å².